The van der Waals surface area contributed by atoms with Crippen LogP contribution in [0.25, 0.3) is 5.69 Å². The van der Waals surface area contributed by atoms with Crippen molar-refractivity contribution < 1.29 is 9.72 Å². The number of aromatic nitrogens is 3. The van der Waals surface area contributed by atoms with Gasteiger partial charge in [-0.1, -0.05) is 24.3 Å². The van der Waals surface area contributed by atoms with Crippen molar-refractivity contribution >= 4 is 22.9 Å². The molecule has 4 rings (SSSR count). The molecule has 3 heterocycles. The van der Waals surface area contributed by atoms with Gasteiger partial charge in [-0.2, -0.15) is 0 Å². The maximum Gasteiger partial charge on any atom is 0.273 e. The first-order valence-electron chi connectivity index (χ1n) is 10.7. The molecular weight excluding hydrogens is 428 g/mol. The third-order valence-corrected chi connectivity index (χ3v) is 6.95. The Morgan fingerprint density at radius 1 is 1.31 bits per heavy atom. The lowest BCUT2D eigenvalue weighted by molar-refractivity contribution is -0.384. The summed E-state index contributed by atoms with van der Waals surface area (Å²) in [7, 11) is 0. The van der Waals surface area contributed by atoms with Crippen LogP contribution in [-0.2, 0) is 0 Å². The molecule has 32 heavy (non-hydrogen) atoms. The van der Waals surface area contributed by atoms with E-state index in [4.69, 9.17) is 0 Å². The minimum absolute atomic E-state index is 0.0435. The average Bonchev–Trinajstić information content (AvgIpc) is 3.45. The molecule has 0 spiro atoms. The third kappa shape index (κ3) is 4.71. The summed E-state index contributed by atoms with van der Waals surface area (Å²) in [4.78, 5) is 27.2. The van der Waals surface area contributed by atoms with Gasteiger partial charge in [-0.15, -0.1) is 16.4 Å². The number of benzene rings is 1. The number of nitro benzene ring substituents is 1. The largest absolute Gasteiger partial charge is 0.349 e. The molecule has 1 aliphatic rings. The molecule has 1 N–H and O–H groups in total. The molecule has 1 amide bonds. The SMILES string of the molecule is Cc1c(C(=O)NCC(c2cccs2)N2CCC(C)CC2)nnn1-c1cccc([N+](=O)[O-])c1. The molecule has 2 aromatic heterocycles. The van der Waals surface area contributed by atoms with E-state index in [0.29, 0.717) is 17.9 Å². The number of hydrogen-bond acceptors (Lipinski definition) is 7. The van der Waals surface area contributed by atoms with E-state index in [9.17, 15) is 14.9 Å². The van der Waals surface area contributed by atoms with Crippen LogP contribution >= 0.6 is 11.3 Å². The van der Waals surface area contributed by atoms with Gasteiger partial charge >= 0.3 is 0 Å². The van der Waals surface area contributed by atoms with E-state index in [2.05, 4.69) is 38.9 Å². The highest BCUT2D eigenvalue weighted by atomic mass is 32.1. The molecule has 0 aliphatic carbocycles. The summed E-state index contributed by atoms with van der Waals surface area (Å²) in [5, 5.41) is 24.3. The highest BCUT2D eigenvalue weighted by Crippen LogP contribution is 2.29. The van der Waals surface area contributed by atoms with E-state index >= 15 is 0 Å². The number of carbonyl (C=O) groups excluding carboxylic acids is 1. The Balaban J connectivity index is 1.49. The van der Waals surface area contributed by atoms with Gasteiger partial charge in [-0.3, -0.25) is 19.8 Å². The average molecular weight is 455 g/mol. The second kappa shape index (κ2) is 9.58. The van der Waals surface area contributed by atoms with Gasteiger partial charge < -0.3 is 5.32 Å². The Kier molecular flexibility index (Phi) is 6.61. The predicted octanol–water partition coefficient (Wildman–Crippen LogP) is 3.75. The van der Waals surface area contributed by atoms with Gasteiger partial charge in [0.2, 0.25) is 0 Å². The molecule has 1 unspecified atom stereocenters. The van der Waals surface area contributed by atoms with E-state index in [1.807, 2.05) is 6.07 Å². The van der Waals surface area contributed by atoms with Crippen LogP contribution in [-0.4, -0.2) is 50.4 Å². The van der Waals surface area contributed by atoms with Gasteiger partial charge in [0.1, 0.15) is 0 Å². The van der Waals surface area contributed by atoms with Crippen LogP contribution in [0.1, 0.15) is 46.9 Å². The highest BCUT2D eigenvalue weighted by molar-refractivity contribution is 7.10. The Morgan fingerprint density at radius 3 is 2.78 bits per heavy atom. The summed E-state index contributed by atoms with van der Waals surface area (Å²) in [5.74, 6) is 0.433. The number of piperidine rings is 1. The van der Waals surface area contributed by atoms with Crippen LogP contribution in [0, 0.1) is 23.0 Å². The van der Waals surface area contributed by atoms with E-state index in [1.165, 1.54) is 21.7 Å². The summed E-state index contributed by atoms with van der Waals surface area (Å²) in [6.07, 6.45) is 2.32. The minimum Gasteiger partial charge on any atom is -0.349 e. The zero-order chi connectivity index (χ0) is 22.7. The fraction of sp³-hybridized carbons (Fsp3) is 0.409. The van der Waals surface area contributed by atoms with Gasteiger partial charge in [0.25, 0.3) is 11.6 Å². The number of nitrogens with one attached hydrogen (secondary N) is 1. The lowest BCUT2D eigenvalue weighted by atomic mass is 9.97. The molecule has 1 aliphatic heterocycles. The summed E-state index contributed by atoms with van der Waals surface area (Å²) < 4.78 is 1.45. The summed E-state index contributed by atoms with van der Waals surface area (Å²) in [5.41, 5.74) is 1.19. The monoisotopic (exact) mass is 454 g/mol. The van der Waals surface area contributed by atoms with Crippen molar-refractivity contribution in [2.24, 2.45) is 5.92 Å². The number of rotatable bonds is 7. The van der Waals surface area contributed by atoms with Crippen LogP contribution in [0.15, 0.2) is 41.8 Å². The summed E-state index contributed by atoms with van der Waals surface area (Å²) in [6.45, 7) is 6.53. The fourth-order valence-electron chi connectivity index (χ4n) is 4.03. The van der Waals surface area contributed by atoms with Crippen molar-refractivity contribution in [1.29, 1.82) is 0 Å². The first-order valence-corrected chi connectivity index (χ1v) is 11.5. The van der Waals surface area contributed by atoms with Crippen molar-refractivity contribution in [1.82, 2.24) is 25.2 Å². The predicted molar refractivity (Wildman–Crippen MR) is 122 cm³/mol. The van der Waals surface area contributed by atoms with Gasteiger partial charge in [-0.25, -0.2) is 4.68 Å². The zero-order valence-corrected chi connectivity index (χ0v) is 18.9. The van der Waals surface area contributed by atoms with Crippen molar-refractivity contribution in [3.8, 4) is 5.69 Å². The summed E-state index contributed by atoms with van der Waals surface area (Å²) in [6, 6.07) is 10.4. The molecule has 10 heteroatoms. The molecule has 1 aromatic carbocycles. The smallest absolute Gasteiger partial charge is 0.273 e. The van der Waals surface area contributed by atoms with Crippen molar-refractivity contribution in [3.05, 3.63) is 68.2 Å². The minimum atomic E-state index is -0.463. The van der Waals surface area contributed by atoms with E-state index in [1.54, 1.807) is 30.4 Å². The van der Waals surface area contributed by atoms with Gasteiger partial charge in [0.15, 0.2) is 5.69 Å². The van der Waals surface area contributed by atoms with Crippen molar-refractivity contribution in [2.45, 2.75) is 32.7 Å². The maximum atomic E-state index is 12.9. The Morgan fingerprint density at radius 2 is 2.09 bits per heavy atom. The van der Waals surface area contributed by atoms with Crippen LogP contribution < -0.4 is 5.32 Å². The molecule has 1 atom stereocenters. The van der Waals surface area contributed by atoms with Crippen molar-refractivity contribution in [2.75, 3.05) is 19.6 Å². The number of hydrogen-bond donors (Lipinski definition) is 1. The molecule has 0 saturated carbocycles. The molecule has 0 bridgehead atoms. The normalized spacial score (nSPS) is 16.1. The Labute approximate surface area is 190 Å². The standard InChI is InChI=1S/C22H26N6O3S/c1-15-8-10-26(11-9-15)19(20-7-4-12-32-20)14-23-22(29)21-16(2)27(25-24-21)17-5-3-6-18(13-17)28(30)31/h3-7,12-13,15,19H,8-11,14H2,1-2H3,(H,23,29). The Hall–Kier alpha value is -3.11. The molecule has 1 saturated heterocycles. The molecular formula is C22H26N6O3S. The number of thiophene rings is 1. The third-order valence-electron chi connectivity index (χ3n) is 5.98. The molecule has 3 aromatic rings. The van der Waals surface area contributed by atoms with Crippen molar-refractivity contribution in [3.63, 3.8) is 0 Å². The van der Waals surface area contributed by atoms with Crippen LogP contribution in [0.4, 0.5) is 5.69 Å². The first kappa shape index (κ1) is 22.1. The second-order valence-corrected chi connectivity index (χ2v) is 9.15. The second-order valence-electron chi connectivity index (χ2n) is 8.17. The van der Waals surface area contributed by atoms with Gasteiger partial charge in [0, 0.05) is 23.6 Å². The number of carbonyl (C=O) groups is 1. The first-order chi connectivity index (χ1) is 15.4. The molecule has 1 fully saturated rings. The van der Waals surface area contributed by atoms with Crippen LogP contribution in [0.3, 0.4) is 0 Å². The zero-order valence-electron chi connectivity index (χ0n) is 18.1. The van der Waals surface area contributed by atoms with Crippen LogP contribution in [0.2, 0.25) is 0 Å². The van der Waals surface area contributed by atoms with Gasteiger partial charge in [-0.05, 0) is 56.3 Å². The van der Waals surface area contributed by atoms with E-state index in [0.717, 1.165) is 31.8 Å². The number of amides is 1. The quantitative estimate of drug-likeness (QED) is 0.430. The fourth-order valence-corrected chi connectivity index (χ4v) is 4.89. The van der Waals surface area contributed by atoms with Crippen LogP contribution in [0.5, 0.6) is 0 Å². The topological polar surface area (TPSA) is 106 Å². The number of nitro groups is 1. The lowest BCUT2D eigenvalue weighted by Crippen LogP contribution is -2.41. The maximum absolute atomic E-state index is 12.9. The lowest BCUT2D eigenvalue weighted by Gasteiger charge is -2.36. The Bertz CT molecular complexity index is 1090. The number of non-ortho nitro benzene ring substituents is 1. The van der Waals surface area contributed by atoms with E-state index < -0.39 is 4.92 Å². The number of nitrogens with zero attached hydrogens (tertiary/aromatic N) is 5. The molecule has 9 nitrogen and oxygen atoms in total. The summed E-state index contributed by atoms with van der Waals surface area (Å²) >= 11 is 1.70. The number of likely N-dealkylation sites (tertiary alicyclic amines) is 1. The van der Waals surface area contributed by atoms with Gasteiger partial charge in [0.05, 0.1) is 22.3 Å². The van der Waals surface area contributed by atoms with E-state index in [-0.39, 0.29) is 23.3 Å². The molecule has 168 valence electrons. The molecule has 0 radical (unpaired) electrons. The highest BCUT2D eigenvalue weighted by Gasteiger charge is 2.27.